The van der Waals surface area contributed by atoms with Gasteiger partial charge in [0, 0.05) is 25.8 Å². The van der Waals surface area contributed by atoms with Gasteiger partial charge < -0.3 is 20.7 Å². The fourth-order valence-corrected chi connectivity index (χ4v) is 3.98. The first-order valence-corrected chi connectivity index (χ1v) is 11.7. The van der Waals surface area contributed by atoms with Crippen LogP contribution in [0.4, 0.5) is 5.00 Å². The van der Waals surface area contributed by atoms with E-state index in [9.17, 15) is 18.0 Å². The molecule has 0 bridgehead atoms. The summed E-state index contributed by atoms with van der Waals surface area (Å²) in [5.41, 5.74) is 5.58. The molecule has 0 saturated heterocycles. The second-order valence-electron chi connectivity index (χ2n) is 6.58. The van der Waals surface area contributed by atoms with Crippen molar-refractivity contribution in [2.45, 2.75) is 17.7 Å². The average Bonchev–Trinajstić information content (AvgIpc) is 3.11. The zero-order chi connectivity index (χ0) is 21.4. The maximum atomic E-state index is 12.1. The van der Waals surface area contributed by atoms with Gasteiger partial charge >= 0.3 is 0 Å². The minimum absolute atomic E-state index is 0.185. The van der Waals surface area contributed by atoms with Crippen molar-refractivity contribution in [1.82, 2.24) is 4.90 Å². The summed E-state index contributed by atoms with van der Waals surface area (Å²) >= 11 is 1.26. The van der Waals surface area contributed by atoms with Crippen molar-refractivity contribution >= 4 is 38.0 Å². The normalized spacial score (nSPS) is 11.4. The monoisotopic (exact) mass is 439 g/mol. The first kappa shape index (κ1) is 22.9. The molecule has 3 N–H and O–H groups in total. The Balaban J connectivity index is 1.68. The van der Waals surface area contributed by atoms with E-state index in [1.807, 2.05) is 11.9 Å². The third kappa shape index (κ3) is 7.48. The molecule has 29 heavy (non-hydrogen) atoms. The maximum Gasteiger partial charge on any atom is 0.251 e. The zero-order valence-electron chi connectivity index (χ0n) is 16.4. The second kappa shape index (κ2) is 10.4. The van der Waals surface area contributed by atoms with Crippen molar-refractivity contribution in [3.63, 3.8) is 0 Å². The van der Waals surface area contributed by atoms with Crippen LogP contribution in [0.5, 0.6) is 5.75 Å². The van der Waals surface area contributed by atoms with Crippen LogP contribution in [-0.4, -0.2) is 58.1 Å². The zero-order valence-corrected chi connectivity index (χ0v) is 18.0. The first-order valence-electron chi connectivity index (χ1n) is 8.95. The van der Waals surface area contributed by atoms with Crippen LogP contribution >= 0.6 is 11.3 Å². The summed E-state index contributed by atoms with van der Waals surface area (Å²) in [6.45, 7) is 1.69. The molecule has 1 aromatic carbocycles. The number of hydrogen-bond acceptors (Lipinski definition) is 7. The van der Waals surface area contributed by atoms with E-state index >= 15 is 0 Å². The van der Waals surface area contributed by atoms with Gasteiger partial charge in [0.1, 0.15) is 10.8 Å². The number of hydrogen-bond donors (Lipinski definition) is 2. The van der Waals surface area contributed by atoms with E-state index < -0.39 is 15.7 Å². The minimum Gasteiger partial charge on any atom is -0.494 e. The number of primary amides is 1. The lowest BCUT2D eigenvalue weighted by atomic mass is 10.3. The van der Waals surface area contributed by atoms with Crippen LogP contribution in [0.15, 0.2) is 40.6 Å². The Morgan fingerprint density at radius 3 is 2.69 bits per heavy atom. The molecule has 0 spiro atoms. The van der Waals surface area contributed by atoms with Crippen molar-refractivity contribution in [2.24, 2.45) is 5.73 Å². The lowest BCUT2D eigenvalue weighted by Gasteiger charge is -2.16. The van der Waals surface area contributed by atoms with Gasteiger partial charge in [0.05, 0.1) is 17.1 Å². The number of sulfone groups is 1. The number of amides is 2. The van der Waals surface area contributed by atoms with Gasteiger partial charge in [0.2, 0.25) is 5.91 Å². The molecule has 0 aliphatic rings. The van der Waals surface area contributed by atoms with Gasteiger partial charge in [-0.2, -0.15) is 0 Å². The van der Waals surface area contributed by atoms with Crippen LogP contribution in [0, 0.1) is 0 Å². The van der Waals surface area contributed by atoms with E-state index in [4.69, 9.17) is 10.5 Å². The molecule has 0 aliphatic carbocycles. The molecular weight excluding hydrogens is 414 g/mol. The van der Waals surface area contributed by atoms with Gasteiger partial charge in [0.15, 0.2) is 9.84 Å². The number of nitrogens with zero attached hydrogens (tertiary/aromatic N) is 1. The lowest BCUT2D eigenvalue weighted by molar-refractivity contribution is -0.116. The van der Waals surface area contributed by atoms with Crippen LogP contribution in [0.25, 0.3) is 0 Å². The van der Waals surface area contributed by atoms with Crippen LogP contribution in [-0.2, 0) is 14.6 Å². The summed E-state index contributed by atoms with van der Waals surface area (Å²) < 4.78 is 28.7. The number of thiophene rings is 1. The van der Waals surface area contributed by atoms with Crippen molar-refractivity contribution in [3.05, 3.63) is 41.3 Å². The highest BCUT2D eigenvalue weighted by Gasteiger charge is 2.13. The molecule has 0 radical (unpaired) electrons. The molecule has 0 fully saturated rings. The smallest absolute Gasteiger partial charge is 0.251 e. The molecule has 2 amide bonds. The maximum absolute atomic E-state index is 12.1. The van der Waals surface area contributed by atoms with Gasteiger partial charge in [-0.3, -0.25) is 9.59 Å². The van der Waals surface area contributed by atoms with Crippen LogP contribution in [0.2, 0.25) is 0 Å². The molecule has 1 aromatic heterocycles. The molecule has 0 aliphatic heterocycles. The molecule has 0 unspecified atom stereocenters. The summed E-state index contributed by atoms with van der Waals surface area (Å²) in [5, 5.41) is 4.88. The van der Waals surface area contributed by atoms with E-state index in [1.54, 1.807) is 23.6 Å². The van der Waals surface area contributed by atoms with E-state index in [0.717, 1.165) is 12.7 Å². The Hall–Kier alpha value is -2.43. The largest absolute Gasteiger partial charge is 0.494 e. The summed E-state index contributed by atoms with van der Waals surface area (Å²) in [6.07, 6.45) is 2.16. The number of anilines is 1. The molecule has 2 aromatic rings. The van der Waals surface area contributed by atoms with Crippen LogP contribution < -0.4 is 15.8 Å². The highest BCUT2D eigenvalue weighted by molar-refractivity contribution is 7.90. The van der Waals surface area contributed by atoms with Crippen LogP contribution in [0.3, 0.4) is 0 Å². The fraction of sp³-hybridized carbons (Fsp3) is 0.368. The van der Waals surface area contributed by atoms with Crippen molar-refractivity contribution < 1.29 is 22.7 Å². The number of carbonyl (C=O) groups excluding carboxylic acids is 2. The lowest BCUT2D eigenvalue weighted by Crippen LogP contribution is -2.26. The average molecular weight is 440 g/mol. The van der Waals surface area contributed by atoms with Crippen LogP contribution in [0.1, 0.15) is 23.2 Å². The third-order valence-electron chi connectivity index (χ3n) is 4.09. The van der Waals surface area contributed by atoms with Gasteiger partial charge in [-0.05, 0) is 43.1 Å². The Labute approximate surface area is 174 Å². The molecular formula is C19H25N3O5S2. The number of carbonyl (C=O) groups is 2. The third-order valence-corrected chi connectivity index (χ3v) is 6.03. The van der Waals surface area contributed by atoms with Gasteiger partial charge in [-0.15, -0.1) is 11.3 Å². The summed E-state index contributed by atoms with van der Waals surface area (Å²) in [5.74, 6) is -0.243. The predicted molar refractivity (Wildman–Crippen MR) is 113 cm³/mol. The summed E-state index contributed by atoms with van der Waals surface area (Å²) in [7, 11) is -1.36. The van der Waals surface area contributed by atoms with E-state index in [0.29, 0.717) is 36.0 Å². The minimum atomic E-state index is -3.26. The molecule has 8 nitrogen and oxygen atoms in total. The molecule has 2 rings (SSSR count). The molecule has 0 saturated carbocycles. The van der Waals surface area contributed by atoms with Gasteiger partial charge in [-0.25, -0.2) is 8.42 Å². The van der Waals surface area contributed by atoms with E-state index in [1.165, 1.54) is 23.5 Å². The quantitative estimate of drug-likeness (QED) is 0.517. The second-order valence-corrected chi connectivity index (χ2v) is 9.51. The Kier molecular flexibility index (Phi) is 8.18. The number of ether oxygens (including phenoxy) is 1. The Bertz CT molecular complexity index is 956. The fourth-order valence-electron chi connectivity index (χ4n) is 2.51. The Morgan fingerprint density at radius 1 is 1.24 bits per heavy atom. The van der Waals surface area contributed by atoms with Crippen molar-refractivity contribution in [3.8, 4) is 5.75 Å². The molecule has 10 heteroatoms. The molecule has 1 heterocycles. The topological polar surface area (TPSA) is 119 Å². The van der Waals surface area contributed by atoms with E-state index in [-0.39, 0.29) is 17.2 Å². The molecule has 0 atom stereocenters. The first-order chi connectivity index (χ1) is 13.7. The SMILES string of the molecule is CN(CCCOc1cccc(S(C)(=O)=O)c1)CCC(=O)Nc1sccc1C(N)=O. The number of benzene rings is 1. The van der Waals surface area contributed by atoms with E-state index in [2.05, 4.69) is 5.32 Å². The highest BCUT2D eigenvalue weighted by Crippen LogP contribution is 2.22. The number of nitrogens with two attached hydrogens (primary N) is 1. The predicted octanol–water partition coefficient (Wildman–Crippen LogP) is 1.98. The standard InChI is InChI=1S/C19H25N3O5S2/c1-22(10-7-17(23)21-19-16(18(20)24)8-12-28-19)9-4-11-27-14-5-3-6-15(13-14)29(2,25)26/h3,5-6,8,12-13H,4,7,9-11H2,1-2H3,(H2,20,24)(H,21,23). The van der Waals surface area contributed by atoms with Crippen molar-refractivity contribution in [2.75, 3.05) is 38.3 Å². The number of rotatable bonds is 11. The summed E-state index contributed by atoms with van der Waals surface area (Å²) in [6, 6.07) is 7.99. The Morgan fingerprint density at radius 2 is 2.00 bits per heavy atom. The number of nitrogens with one attached hydrogen (secondary N) is 1. The molecule has 158 valence electrons. The van der Waals surface area contributed by atoms with Crippen molar-refractivity contribution in [1.29, 1.82) is 0 Å². The highest BCUT2D eigenvalue weighted by atomic mass is 32.2. The van der Waals surface area contributed by atoms with Gasteiger partial charge in [-0.1, -0.05) is 6.07 Å². The summed E-state index contributed by atoms with van der Waals surface area (Å²) in [4.78, 5) is 25.6. The van der Waals surface area contributed by atoms with Gasteiger partial charge in [0.25, 0.3) is 5.91 Å².